The van der Waals surface area contributed by atoms with Gasteiger partial charge < -0.3 is 14.5 Å². The second-order valence-corrected chi connectivity index (χ2v) is 8.19. The molecule has 1 aromatic carbocycles. The third-order valence-corrected chi connectivity index (χ3v) is 5.96. The van der Waals surface area contributed by atoms with Gasteiger partial charge in [-0.05, 0) is 49.9 Å². The van der Waals surface area contributed by atoms with E-state index in [0.717, 1.165) is 50.6 Å². The van der Waals surface area contributed by atoms with E-state index in [-0.39, 0.29) is 5.91 Å². The molecule has 0 spiro atoms. The van der Waals surface area contributed by atoms with E-state index in [1.165, 1.54) is 25.7 Å². The Bertz CT molecular complexity index is 770. The topological polar surface area (TPSA) is 45.7 Å². The molecule has 2 saturated heterocycles. The Morgan fingerprint density at radius 2 is 1.76 bits per heavy atom. The van der Waals surface area contributed by atoms with Crippen LogP contribution in [-0.4, -0.2) is 48.6 Å². The van der Waals surface area contributed by atoms with Crippen molar-refractivity contribution < 1.29 is 9.53 Å². The Kier molecular flexibility index (Phi) is 6.65. The molecule has 4 rings (SSSR count). The fourth-order valence-electron chi connectivity index (χ4n) is 4.30. The summed E-state index contributed by atoms with van der Waals surface area (Å²) in [5, 5.41) is 0. The number of rotatable bonds is 5. The van der Waals surface area contributed by atoms with Crippen LogP contribution < -0.4 is 9.64 Å². The van der Waals surface area contributed by atoms with E-state index in [1.54, 1.807) is 6.20 Å². The fraction of sp³-hybridized carbons (Fsp3) is 0.500. The van der Waals surface area contributed by atoms with Gasteiger partial charge in [0, 0.05) is 38.3 Å². The standard InChI is InChI=1S/C24H31N3O2/c28-24(21-12-13-23(25-17-21)26-14-6-1-2-7-15-26)27-16-8-9-20(18-27)19-29-22-10-4-3-5-11-22/h3-5,10-13,17,20H,1-2,6-9,14-16,18-19H2. The van der Waals surface area contributed by atoms with Crippen LogP contribution in [0, 0.1) is 5.92 Å². The lowest BCUT2D eigenvalue weighted by molar-refractivity contribution is 0.0633. The normalized spacial score (nSPS) is 20.2. The van der Waals surface area contributed by atoms with Crippen molar-refractivity contribution in [3.8, 4) is 5.75 Å². The second-order valence-electron chi connectivity index (χ2n) is 8.19. The molecule has 3 heterocycles. The van der Waals surface area contributed by atoms with Crippen molar-refractivity contribution in [3.63, 3.8) is 0 Å². The minimum Gasteiger partial charge on any atom is -0.493 e. The number of nitrogens with zero attached hydrogens (tertiary/aromatic N) is 3. The maximum absolute atomic E-state index is 13.0. The third-order valence-electron chi connectivity index (χ3n) is 5.96. The number of carbonyl (C=O) groups is 1. The van der Waals surface area contributed by atoms with Crippen LogP contribution in [0.1, 0.15) is 48.9 Å². The van der Waals surface area contributed by atoms with E-state index >= 15 is 0 Å². The first kappa shape index (κ1) is 19.7. The number of para-hydroxylation sites is 1. The number of hydrogen-bond donors (Lipinski definition) is 0. The highest BCUT2D eigenvalue weighted by Gasteiger charge is 2.25. The SMILES string of the molecule is O=C(c1ccc(N2CCCCCC2)nc1)N1CCCC(COc2ccccc2)C1. The number of hydrogen-bond acceptors (Lipinski definition) is 4. The predicted octanol–water partition coefficient (Wildman–Crippen LogP) is 4.39. The van der Waals surface area contributed by atoms with Crippen LogP contribution in [0.5, 0.6) is 5.75 Å². The fourth-order valence-corrected chi connectivity index (χ4v) is 4.30. The first-order chi connectivity index (χ1) is 14.3. The summed E-state index contributed by atoms with van der Waals surface area (Å²) < 4.78 is 5.92. The lowest BCUT2D eigenvalue weighted by Gasteiger charge is -2.32. The summed E-state index contributed by atoms with van der Waals surface area (Å²) >= 11 is 0. The largest absolute Gasteiger partial charge is 0.493 e. The number of aromatic nitrogens is 1. The highest BCUT2D eigenvalue weighted by Crippen LogP contribution is 2.22. The molecule has 1 amide bonds. The van der Waals surface area contributed by atoms with E-state index in [1.807, 2.05) is 47.4 Å². The molecule has 2 fully saturated rings. The monoisotopic (exact) mass is 393 g/mol. The Hall–Kier alpha value is -2.56. The van der Waals surface area contributed by atoms with Crippen LogP contribution in [-0.2, 0) is 0 Å². The molecule has 2 aromatic rings. The van der Waals surface area contributed by atoms with Crippen LogP contribution in [0.2, 0.25) is 0 Å². The summed E-state index contributed by atoms with van der Waals surface area (Å²) in [4.78, 5) is 21.9. The van der Waals surface area contributed by atoms with Gasteiger partial charge in [0.1, 0.15) is 11.6 Å². The average Bonchev–Trinajstić information content (AvgIpc) is 3.08. The number of carbonyl (C=O) groups excluding carboxylic acids is 1. The smallest absolute Gasteiger partial charge is 0.255 e. The van der Waals surface area contributed by atoms with E-state index in [4.69, 9.17) is 4.74 Å². The van der Waals surface area contributed by atoms with Crippen LogP contribution in [0.15, 0.2) is 48.7 Å². The molecule has 2 aliphatic heterocycles. The number of amides is 1. The molecule has 0 N–H and O–H groups in total. The summed E-state index contributed by atoms with van der Waals surface area (Å²) in [6, 6.07) is 13.9. The molecule has 0 saturated carbocycles. The van der Waals surface area contributed by atoms with Crippen molar-refractivity contribution >= 4 is 11.7 Å². The maximum atomic E-state index is 13.0. The number of pyridine rings is 1. The third kappa shape index (κ3) is 5.28. The van der Waals surface area contributed by atoms with E-state index in [9.17, 15) is 4.79 Å². The number of anilines is 1. The Labute approximate surface area is 173 Å². The van der Waals surface area contributed by atoms with Gasteiger partial charge in [-0.15, -0.1) is 0 Å². The van der Waals surface area contributed by atoms with Crippen molar-refractivity contribution in [2.45, 2.75) is 38.5 Å². The van der Waals surface area contributed by atoms with Crippen molar-refractivity contribution in [2.75, 3.05) is 37.7 Å². The molecule has 5 nitrogen and oxygen atoms in total. The highest BCUT2D eigenvalue weighted by molar-refractivity contribution is 5.94. The van der Waals surface area contributed by atoms with Crippen LogP contribution in [0.4, 0.5) is 5.82 Å². The van der Waals surface area contributed by atoms with Gasteiger partial charge in [-0.3, -0.25) is 4.79 Å². The van der Waals surface area contributed by atoms with Crippen LogP contribution in [0.3, 0.4) is 0 Å². The summed E-state index contributed by atoms with van der Waals surface area (Å²) in [5.74, 6) is 2.35. The molecule has 1 atom stereocenters. The molecule has 1 aromatic heterocycles. The summed E-state index contributed by atoms with van der Waals surface area (Å²) in [7, 11) is 0. The molecule has 0 bridgehead atoms. The number of benzene rings is 1. The van der Waals surface area contributed by atoms with Gasteiger partial charge in [0.15, 0.2) is 0 Å². The van der Waals surface area contributed by atoms with Crippen LogP contribution >= 0.6 is 0 Å². The van der Waals surface area contributed by atoms with Crippen molar-refractivity contribution in [1.82, 2.24) is 9.88 Å². The summed E-state index contributed by atoms with van der Waals surface area (Å²) in [6.45, 7) is 4.35. The molecular formula is C24H31N3O2. The molecule has 0 radical (unpaired) electrons. The summed E-state index contributed by atoms with van der Waals surface area (Å²) in [5.41, 5.74) is 0.688. The first-order valence-corrected chi connectivity index (χ1v) is 11.0. The predicted molar refractivity (Wildman–Crippen MR) is 115 cm³/mol. The molecule has 2 aliphatic rings. The van der Waals surface area contributed by atoms with E-state index in [0.29, 0.717) is 18.1 Å². The number of piperidine rings is 1. The minimum absolute atomic E-state index is 0.0873. The Balaban J connectivity index is 1.33. The quantitative estimate of drug-likeness (QED) is 0.756. The summed E-state index contributed by atoms with van der Waals surface area (Å²) in [6.07, 6.45) is 8.93. The van der Waals surface area contributed by atoms with Crippen molar-refractivity contribution in [1.29, 1.82) is 0 Å². The maximum Gasteiger partial charge on any atom is 0.255 e. The van der Waals surface area contributed by atoms with Gasteiger partial charge in [-0.25, -0.2) is 4.98 Å². The molecule has 154 valence electrons. The number of likely N-dealkylation sites (tertiary alicyclic amines) is 1. The van der Waals surface area contributed by atoms with Crippen LogP contribution in [0.25, 0.3) is 0 Å². The first-order valence-electron chi connectivity index (χ1n) is 11.0. The van der Waals surface area contributed by atoms with Gasteiger partial charge in [0.05, 0.1) is 12.2 Å². The average molecular weight is 394 g/mol. The minimum atomic E-state index is 0.0873. The van der Waals surface area contributed by atoms with E-state index < -0.39 is 0 Å². The van der Waals surface area contributed by atoms with Gasteiger partial charge in [-0.2, -0.15) is 0 Å². The van der Waals surface area contributed by atoms with Crippen molar-refractivity contribution in [2.24, 2.45) is 5.92 Å². The lowest BCUT2D eigenvalue weighted by Crippen LogP contribution is -2.41. The molecular weight excluding hydrogens is 362 g/mol. The van der Waals surface area contributed by atoms with Gasteiger partial charge >= 0.3 is 0 Å². The zero-order valence-electron chi connectivity index (χ0n) is 17.1. The Morgan fingerprint density at radius 3 is 2.48 bits per heavy atom. The highest BCUT2D eigenvalue weighted by atomic mass is 16.5. The van der Waals surface area contributed by atoms with Gasteiger partial charge in [0.2, 0.25) is 0 Å². The van der Waals surface area contributed by atoms with Gasteiger partial charge in [0.25, 0.3) is 5.91 Å². The molecule has 29 heavy (non-hydrogen) atoms. The lowest BCUT2D eigenvalue weighted by atomic mass is 9.98. The zero-order chi connectivity index (χ0) is 19.9. The van der Waals surface area contributed by atoms with E-state index in [2.05, 4.69) is 9.88 Å². The zero-order valence-corrected chi connectivity index (χ0v) is 17.1. The molecule has 0 aliphatic carbocycles. The Morgan fingerprint density at radius 1 is 0.966 bits per heavy atom. The second kappa shape index (κ2) is 9.77. The molecule has 5 heteroatoms. The van der Waals surface area contributed by atoms with Gasteiger partial charge in [-0.1, -0.05) is 31.0 Å². The van der Waals surface area contributed by atoms with Crippen molar-refractivity contribution in [3.05, 3.63) is 54.2 Å². The number of ether oxygens (including phenoxy) is 1. The molecule has 1 unspecified atom stereocenters.